The molecule has 0 aliphatic heterocycles. The summed E-state index contributed by atoms with van der Waals surface area (Å²) in [6.07, 6.45) is 1.67. The van der Waals surface area contributed by atoms with Crippen LogP contribution in [0.5, 0.6) is 0 Å². The molecule has 0 fully saturated rings. The number of hydrogen-bond acceptors (Lipinski definition) is 4. The summed E-state index contributed by atoms with van der Waals surface area (Å²) in [5.41, 5.74) is 1.00. The van der Waals surface area contributed by atoms with Crippen molar-refractivity contribution in [1.29, 1.82) is 0 Å². The third-order valence-electron chi connectivity index (χ3n) is 3.64. The van der Waals surface area contributed by atoms with Gasteiger partial charge in [-0.05, 0) is 30.3 Å². The minimum Gasteiger partial charge on any atom is -0.267 e. The zero-order valence-electron chi connectivity index (χ0n) is 12.4. The Balaban J connectivity index is 1.98. The highest BCUT2D eigenvalue weighted by atomic mass is 35.5. The lowest BCUT2D eigenvalue weighted by Gasteiger charge is -2.00. The SMILES string of the molecule is O=c1c(=Cc2c(Cl)cccc2Cl)sc2nnc(-c3ccccc3Cl)n12. The van der Waals surface area contributed by atoms with Gasteiger partial charge in [0.2, 0.25) is 4.96 Å². The zero-order valence-corrected chi connectivity index (χ0v) is 15.5. The molecule has 0 unspecified atom stereocenters. The van der Waals surface area contributed by atoms with Crippen LogP contribution in [-0.2, 0) is 0 Å². The molecule has 0 saturated carbocycles. The normalized spacial score (nSPS) is 12.2. The summed E-state index contributed by atoms with van der Waals surface area (Å²) in [6.45, 7) is 0. The van der Waals surface area contributed by atoms with Gasteiger partial charge in [-0.25, -0.2) is 4.40 Å². The van der Waals surface area contributed by atoms with Crippen LogP contribution in [-0.4, -0.2) is 14.6 Å². The quantitative estimate of drug-likeness (QED) is 0.496. The van der Waals surface area contributed by atoms with Gasteiger partial charge in [0.25, 0.3) is 5.56 Å². The van der Waals surface area contributed by atoms with E-state index in [-0.39, 0.29) is 5.56 Å². The Bertz CT molecular complexity index is 1200. The van der Waals surface area contributed by atoms with E-state index >= 15 is 0 Å². The molecule has 2 heterocycles. The highest BCUT2D eigenvalue weighted by molar-refractivity contribution is 7.15. The highest BCUT2D eigenvalue weighted by Gasteiger charge is 2.16. The van der Waals surface area contributed by atoms with Gasteiger partial charge in [0.1, 0.15) is 0 Å². The standard InChI is InChI=1S/C17H8Cl3N3OS/c18-11-5-2-1-4-9(11)15-21-22-17-23(15)16(24)14(25-17)8-10-12(19)6-3-7-13(10)20/h1-8H. The predicted molar refractivity (Wildman–Crippen MR) is 103 cm³/mol. The maximum Gasteiger partial charge on any atom is 0.276 e. The Hall–Kier alpha value is -1.92. The first-order valence-electron chi connectivity index (χ1n) is 7.15. The van der Waals surface area contributed by atoms with Crippen LogP contribution in [0, 0.1) is 0 Å². The lowest BCUT2D eigenvalue weighted by atomic mass is 10.2. The van der Waals surface area contributed by atoms with Crippen LogP contribution >= 0.6 is 46.1 Å². The molecule has 0 amide bonds. The van der Waals surface area contributed by atoms with E-state index in [1.807, 2.05) is 12.1 Å². The van der Waals surface area contributed by atoms with Crippen molar-refractivity contribution in [2.45, 2.75) is 0 Å². The molecule has 25 heavy (non-hydrogen) atoms. The third kappa shape index (κ3) is 2.83. The van der Waals surface area contributed by atoms with Crippen molar-refractivity contribution in [3.8, 4) is 11.4 Å². The molecule has 0 atom stereocenters. The molecular formula is C17H8Cl3N3OS. The van der Waals surface area contributed by atoms with Crippen LogP contribution in [0.25, 0.3) is 22.4 Å². The fraction of sp³-hybridized carbons (Fsp3) is 0. The average molecular weight is 409 g/mol. The van der Waals surface area contributed by atoms with Gasteiger partial charge in [-0.3, -0.25) is 4.79 Å². The highest BCUT2D eigenvalue weighted by Crippen LogP contribution is 2.27. The summed E-state index contributed by atoms with van der Waals surface area (Å²) in [4.78, 5) is 13.3. The van der Waals surface area contributed by atoms with Crippen molar-refractivity contribution in [3.05, 3.63) is 78.0 Å². The fourth-order valence-corrected chi connectivity index (χ4v) is 4.08. The summed E-state index contributed by atoms with van der Waals surface area (Å²) in [5.74, 6) is 0.409. The number of aromatic nitrogens is 3. The molecule has 124 valence electrons. The number of benzene rings is 2. The molecule has 0 bridgehead atoms. The van der Waals surface area contributed by atoms with E-state index in [0.717, 1.165) is 0 Å². The van der Waals surface area contributed by atoms with Crippen LogP contribution in [0.4, 0.5) is 0 Å². The Labute approximate surface area is 160 Å². The van der Waals surface area contributed by atoms with Gasteiger partial charge in [0.05, 0.1) is 9.55 Å². The number of thiazole rings is 1. The van der Waals surface area contributed by atoms with Gasteiger partial charge in [-0.2, -0.15) is 0 Å². The number of rotatable bonds is 2. The molecule has 8 heteroatoms. The van der Waals surface area contributed by atoms with Crippen molar-refractivity contribution in [2.24, 2.45) is 0 Å². The van der Waals surface area contributed by atoms with E-state index < -0.39 is 0 Å². The Kier molecular flexibility index (Phi) is 4.25. The predicted octanol–water partition coefficient (Wildman–Crippen LogP) is 4.33. The second kappa shape index (κ2) is 6.42. The van der Waals surface area contributed by atoms with Gasteiger partial charge in [0, 0.05) is 21.2 Å². The molecule has 0 spiro atoms. The second-order valence-electron chi connectivity index (χ2n) is 5.17. The van der Waals surface area contributed by atoms with Gasteiger partial charge >= 0.3 is 0 Å². The minimum atomic E-state index is -0.240. The van der Waals surface area contributed by atoms with Gasteiger partial charge in [-0.1, -0.05) is 64.3 Å². The number of nitrogens with zero attached hydrogens (tertiary/aromatic N) is 3. The lowest BCUT2D eigenvalue weighted by Crippen LogP contribution is -2.23. The van der Waals surface area contributed by atoms with Crippen molar-refractivity contribution in [2.75, 3.05) is 0 Å². The second-order valence-corrected chi connectivity index (χ2v) is 7.40. The molecule has 4 aromatic rings. The number of hydrogen-bond donors (Lipinski definition) is 0. The third-order valence-corrected chi connectivity index (χ3v) is 5.59. The maximum atomic E-state index is 12.9. The molecule has 0 aliphatic carbocycles. The van der Waals surface area contributed by atoms with Crippen LogP contribution in [0.3, 0.4) is 0 Å². The monoisotopic (exact) mass is 407 g/mol. The van der Waals surface area contributed by atoms with Crippen LogP contribution < -0.4 is 10.1 Å². The molecule has 2 aromatic heterocycles. The molecular weight excluding hydrogens is 401 g/mol. The van der Waals surface area contributed by atoms with Crippen molar-refractivity contribution >= 4 is 57.2 Å². The Morgan fingerprint density at radius 1 is 0.920 bits per heavy atom. The maximum absolute atomic E-state index is 12.9. The number of halogens is 3. The first kappa shape index (κ1) is 16.5. The summed E-state index contributed by atoms with van der Waals surface area (Å²) in [5, 5.41) is 9.65. The van der Waals surface area contributed by atoms with Crippen molar-refractivity contribution < 1.29 is 0 Å². The van der Waals surface area contributed by atoms with Gasteiger partial charge in [-0.15, -0.1) is 10.2 Å². The van der Waals surface area contributed by atoms with Crippen molar-refractivity contribution in [3.63, 3.8) is 0 Å². The first-order valence-corrected chi connectivity index (χ1v) is 9.10. The van der Waals surface area contributed by atoms with Crippen LogP contribution in [0.15, 0.2) is 47.3 Å². The fourth-order valence-electron chi connectivity index (χ4n) is 2.46. The Morgan fingerprint density at radius 3 is 2.32 bits per heavy atom. The molecule has 4 rings (SSSR count). The summed E-state index contributed by atoms with van der Waals surface area (Å²) in [6, 6.07) is 12.4. The van der Waals surface area contributed by atoms with E-state index in [1.54, 1.807) is 36.4 Å². The molecule has 0 saturated heterocycles. The van der Waals surface area contributed by atoms with E-state index in [4.69, 9.17) is 34.8 Å². The van der Waals surface area contributed by atoms with E-state index in [0.29, 0.717) is 41.5 Å². The van der Waals surface area contributed by atoms with Crippen LogP contribution in [0.2, 0.25) is 15.1 Å². The molecule has 2 aromatic carbocycles. The molecule has 0 N–H and O–H groups in total. The molecule has 0 radical (unpaired) electrons. The smallest absolute Gasteiger partial charge is 0.267 e. The number of fused-ring (bicyclic) bond motifs is 1. The molecule has 0 aliphatic rings. The van der Waals surface area contributed by atoms with Gasteiger partial charge in [0.15, 0.2) is 5.82 Å². The summed E-state index contributed by atoms with van der Waals surface area (Å²) >= 11 is 19.8. The zero-order chi connectivity index (χ0) is 17.6. The largest absolute Gasteiger partial charge is 0.276 e. The van der Waals surface area contributed by atoms with Crippen molar-refractivity contribution in [1.82, 2.24) is 14.6 Å². The summed E-state index contributed by atoms with van der Waals surface area (Å²) in [7, 11) is 0. The van der Waals surface area contributed by atoms with Gasteiger partial charge < -0.3 is 0 Å². The molecule has 4 nitrogen and oxygen atoms in total. The first-order chi connectivity index (χ1) is 12.1. The Morgan fingerprint density at radius 2 is 1.60 bits per heavy atom. The lowest BCUT2D eigenvalue weighted by molar-refractivity contribution is 1.09. The van der Waals surface area contributed by atoms with E-state index in [1.165, 1.54) is 15.7 Å². The topological polar surface area (TPSA) is 47.3 Å². The van der Waals surface area contributed by atoms with E-state index in [9.17, 15) is 4.79 Å². The summed E-state index contributed by atoms with van der Waals surface area (Å²) < 4.78 is 1.91. The minimum absolute atomic E-state index is 0.240. The average Bonchev–Trinajstić information content (AvgIpc) is 3.13. The van der Waals surface area contributed by atoms with E-state index in [2.05, 4.69) is 10.2 Å². The van der Waals surface area contributed by atoms with Crippen LogP contribution in [0.1, 0.15) is 5.56 Å².